The van der Waals surface area contributed by atoms with Gasteiger partial charge in [0.15, 0.2) is 0 Å². The summed E-state index contributed by atoms with van der Waals surface area (Å²) in [5, 5.41) is 8.87. The number of halogens is 1. The maximum absolute atomic E-state index is 12.2. The second-order valence-electron chi connectivity index (χ2n) is 4.32. The second kappa shape index (κ2) is 6.04. The first-order valence-corrected chi connectivity index (χ1v) is 7.82. The third kappa shape index (κ3) is 3.66. The summed E-state index contributed by atoms with van der Waals surface area (Å²) in [4.78, 5) is 0.108. The summed E-state index contributed by atoms with van der Waals surface area (Å²) >= 11 is 5.85. The van der Waals surface area contributed by atoms with Crippen LogP contribution in [0.3, 0.4) is 0 Å². The molecule has 3 N–H and O–H groups in total. The third-order valence-corrected chi connectivity index (χ3v) is 4.49. The molecule has 7 heteroatoms. The number of nitrogen functional groups attached to an aromatic ring is 1. The van der Waals surface area contributed by atoms with E-state index in [0.717, 1.165) is 5.56 Å². The Bertz CT molecular complexity index is 796. The standard InChI is InChI=1S/C14H12ClN3O2S/c15-13-9-11(3-6-14(13)17)18-21(19,20)12-4-1-10(2-5-12)7-8-16/h1-6,9,18H,7,17H2. The van der Waals surface area contributed by atoms with Gasteiger partial charge in [0.1, 0.15) is 0 Å². The number of benzene rings is 2. The highest BCUT2D eigenvalue weighted by atomic mass is 35.5. The molecule has 0 atom stereocenters. The summed E-state index contributed by atoms with van der Waals surface area (Å²) < 4.78 is 26.9. The van der Waals surface area contributed by atoms with Crippen LogP contribution in [0.1, 0.15) is 5.56 Å². The highest BCUT2D eigenvalue weighted by Crippen LogP contribution is 2.24. The Morgan fingerprint density at radius 3 is 2.43 bits per heavy atom. The Balaban J connectivity index is 2.25. The lowest BCUT2D eigenvalue weighted by molar-refractivity contribution is 0.601. The van der Waals surface area contributed by atoms with E-state index in [1.54, 1.807) is 12.1 Å². The molecule has 0 heterocycles. The topological polar surface area (TPSA) is 96.0 Å². The zero-order chi connectivity index (χ0) is 15.5. The Morgan fingerprint density at radius 1 is 1.19 bits per heavy atom. The number of anilines is 2. The molecule has 5 nitrogen and oxygen atoms in total. The molecule has 0 saturated carbocycles. The Labute approximate surface area is 128 Å². The van der Waals surface area contributed by atoms with E-state index in [2.05, 4.69) is 4.72 Å². The van der Waals surface area contributed by atoms with Crippen LogP contribution in [0.25, 0.3) is 0 Å². The van der Waals surface area contributed by atoms with Gasteiger partial charge in [0.2, 0.25) is 0 Å². The van der Waals surface area contributed by atoms with Gasteiger partial charge in [-0.15, -0.1) is 0 Å². The van der Waals surface area contributed by atoms with E-state index in [9.17, 15) is 8.42 Å². The first-order chi connectivity index (χ1) is 9.92. The van der Waals surface area contributed by atoms with E-state index < -0.39 is 10.0 Å². The highest BCUT2D eigenvalue weighted by molar-refractivity contribution is 7.92. The van der Waals surface area contributed by atoms with Gasteiger partial charge in [-0.25, -0.2) is 8.42 Å². The Kier molecular flexibility index (Phi) is 4.36. The summed E-state index contributed by atoms with van der Waals surface area (Å²) in [6.07, 6.45) is 0.237. The van der Waals surface area contributed by atoms with Crippen LogP contribution in [0.5, 0.6) is 0 Å². The van der Waals surface area contributed by atoms with Gasteiger partial charge in [-0.1, -0.05) is 23.7 Å². The van der Waals surface area contributed by atoms with Crippen molar-refractivity contribution in [2.75, 3.05) is 10.5 Å². The fraction of sp³-hybridized carbons (Fsp3) is 0.0714. The number of sulfonamides is 1. The van der Waals surface area contributed by atoms with E-state index in [1.165, 1.54) is 30.3 Å². The summed E-state index contributed by atoms with van der Waals surface area (Å²) in [6.45, 7) is 0. The molecule has 0 aromatic heterocycles. The number of nitriles is 1. The molecule has 0 aliphatic heterocycles. The van der Waals surface area contributed by atoms with E-state index in [-0.39, 0.29) is 16.3 Å². The SMILES string of the molecule is N#CCc1ccc(S(=O)(=O)Nc2ccc(N)c(Cl)c2)cc1. The van der Waals surface area contributed by atoms with Crippen molar-refractivity contribution in [3.63, 3.8) is 0 Å². The van der Waals surface area contributed by atoms with Crippen molar-refractivity contribution in [1.29, 1.82) is 5.26 Å². The van der Waals surface area contributed by atoms with Gasteiger partial charge in [-0.3, -0.25) is 4.72 Å². The molecule has 2 aromatic rings. The zero-order valence-electron chi connectivity index (χ0n) is 10.9. The highest BCUT2D eigenvalue weighted by Gasteiger charge is 2.14. The molecule has 0 saturated heterocycles. The van der Waals surface area contributed by atoms with E-state index in [4.69, 9.17) is 22.6 Å². The molecule has 0 fully saturated rings. The van der Waals surface area contributed by atoms with Crippen molar-refractivity contribution in [1.82, 2.24) is 0 Å². The molecule has 0 unspecified atom stereocenters. The molecule has 0 amide bonds. The summed E-state index contributed by atoms with van der Waals surface area (Å²) in [5.74, 6) is 0. The van der Waals surface area contributed by atoms with Crippen molar-refractivity contribution >= 4 is 33.0 Å². The monoisotopic (exact) mass is 321 g/mol. The van der Waals surface area contributed by atoms with Crippen LogP contribution >= 0.6 is 11.6 Å². The van der Waals surface area contributed by atoms with Crippen molar-refractivity contribution in [2.24, 2.45) is 0 Å². The van der Waals surface area contributed by atoms with Crippen LogP contribution in [-0.4, -0.2) is 8.42 Å². The normalized spacial score (nSPS) is 10.9. The minimum atomic E-state index is -3.71. The molecule has 0 bridgehead atoms. The summed E-state index contributed by atoms with van der Waals surface area (Å²) in [7, 11) is -3.71. The van der Waals surface area contributed by atoms with Gasteiger partial charge in [0, 0.05) is 0 Å². The van der Waals surface area contributed by atoms with Crippen LogP contribution in [-0.2, 0) is 16.4 Å². The third-order valence-electron chi connectivity index (χ3n) is 2.77. The summed E-state index contributed by atoms with van der Waals surface area (Å²) in [6, 6.07) is 12.6. The average molecular weight is 322 g/mol. The molecular weight excluding hydrogens is 310 g/mol. The molecule has 108 valence electrons. The number of nitrogens with zero attached hydrogens (tertiary/aromatic N) is 1. The van der Waals surface area contributed by atoms with E-state index >= 15 is 0 Å². The number of hydrogen-bond acceptors (Lipinski definition) is 4. The van der Waals surface area contributed by atoms with E-state index in [0.29, 0.717) is 11.4 Å². The van der Waals surface area contributed by atoms with Crippen LogP contribution in [0.15, 0.2) is 47.4 Å². The van der Waals surface area contributed by atoms with Gasteiger partial charge >= 0.3 is 0 Å². The Hall–Kier alpha value is -2.23. The maximum Gasteiger partial charge on any atom is 0.261 e. The lowest BCUT2D eigenvalue weighted by Crippen LogP contribution is -2.13. The number of hydrogen-bond donors (Lipinski definition) is 2. The fourth-order valence-corrected chi connectivity index (χ4v) is 2.91. The molecule has 21 heavy (non-hydrogen) atoms. The number of nitrogens with two attached hydrogens (primary N) is 1. The minimum Gasteiger partial charge on any atom is -0.398 e. The van der Waals surface area contributed by atoms with Gasteiger partial charge < -0.3 is 5.73 Å². The molecular formula is C14H12ClN3O2S. The Morgan fingerprint density at radius 2 is 1.86 bits per heavy atom. The molecule has 2 aromatic carbocycles. The largest absolute Gasteiger partial charge is 0.398 e. The molecule has 0 spiro atoms. The molecule has 0 aliphatic carbocycles. The van der Waals surface area contributed by atoms with Crippen molar-refractivity contribution in [3.8, 4) is 6.07 Å². The second-order valence-corrected chi connectivity index (χ2v) is 6.41. The van der Waals surface area contributed by atoms with Crippen molar-refractivity contribution < 1.29 is 8.42 Å². The first-order valence-electron chi connectivity index (χ1n) is 5.96. The van der Waals surface area contributed by atoms with E-state index in [1.807, 2.05) is 6.07 Å². The number of nitrogens with one attached hydrogen (secondary N) is 1. The smallest absolute Gasteiger partial charge is 0.261 e. The van der Waals surface area contributed by atoms with Gasteiger partial charge in [-0.05, 0) is 35.9 Å². The maximum atomic E-state index is 12.2. The first kappa shape index (κ1) is 15.2. The van der Waals surface area contributed by atoms with Crippen molar-refractivity contribution in [3.05, 3.63) is 53.1 Å². The predicted molar refractivity (Wildman–Crippen MR) is 82.4 cm³/mol. The van der Waals surface area contributed by atoms with Crippen LogP contribution in [0.4, 0.5) is 11.4 Å². The van der Waals surface area contributed by atoms with Crippen LogP contribution in [0.2, 0.25) is 5.02 Å². The lowest BCUT2D eigenvalue weighted by Gasteiger charge is -2.09. The molecule has 0 radical (unpaired) electrons. The molecule has 2 rings (SSSR count). The zero-order valence-corrected chi connectivity index (χ0v) is 12.4. The minimum absolute atomic E-state index is 0.108. The van der Waals surface area contributed by atoms with Gasteiger partial charge in [0.25, 0.3) is 10.0 Å². The predicted octanol–water partition coefficient (Wildman–Crippen LogP) is 2.79. The molecule has 0 aliphatic rings. The fourth-order valence-electron chi connectivity index (χ4n) is 1.68. The summed E-state index contributed by atoms with van der Waals surface area (Å²) in [5.41, 5.74) is 7.03. The average Bonchev–Trinajstić information content (AvgIpc) is 2.44. The van der Waals surface area contributed by atoms with Crippen LogP contribution in [0, 0.1) is 11.3 Å². The van der Waals surface area contributed by atoms with Gasteiger partial charge in [0.05, 0.1) is 33.8 Å². The number of rotatable bonds is 4. The van der Waals surface area contributed by atoms with Crippen molar-refractivity contribution in [2.45, 2.75) is 11.3 Å². The lowest BCUT2D eigenvalue weighted by atomic mass is 10.2. The van der Waals surface area contributed by atoms with Crippen LogP contribution < -0.4 is 10.5 Å². The quantitative estimate of drug-likeness (QED) is 0.846. The van der Waals surface area contributed by atoms with Gasteiger partial charge in [-0.2, -0.15) is 5.26 Å².